The summed E-state index contributed by atoms with van der Waals surface area (Å²) in [6.45, 7) is 3.68. The number of likely N-dealkylation sites (tertiary alicyclic amines) is 2. The number of nitrogens with zero attached hydrogens (tertiary/aromatic N) is 2. The molecule has 2 aromatic rings. The molecule has 1 atom stereocenters. The van der Waals surface area contributed by atoms with Crippen LogP contribution in [0.5, 0.6) is 0 Å². The molecule has 0 bridgehead atoms. The van der Waals surface area contributed by atoms with Gasteiger partial charge < -0.3 is 10.2 Å². The second-order valence-electron chi connectivity index (χ2n) is 10.4. The number of amides is 1. The third kappa shape index (κ3) is 7.84. The number of piperidine rings is 2. The van der Waals surface area contributed by atoms with Gasteiger partial charge in [0.25, 0.3) is 0 Å². The van der Waals surface area contributed by atoms with E-state index in [1.165, 1.54) is 19.3 Å². The molecule has 0 radical (unpaired) electrons. The van der Waals surface area contributed by atoms with E-state index < -0.39 is 41.8 Å². The molecule has 2 saturated heterocycles. The van der Waals surface area contributed by atoms with E-state index in [2.05, 4.69) is 15.1 Å². The van der Waals surface area contributed by atoms with Gasteiger partial charge in [-0.05, 0) is 74.7 Å². The third-order valence-electron chi connectivity index (χ3n) is 7.68. The second-order valence-corrected chi connectivity index (χ2v) is 11.2. The Hall–Kier alpha value is -2.01. The fraction of sp³-hybridized carbons (Fsp3) is 0.536. The quantitative estimate of drug-likeness (QED) is 0.333. The van der Waals surface area contributed by atoms with Crippen molar-refractivity contribution in [3.05, 3.63) is 68.7 Å². The minimum absolute atomic E-state index is 0.0434. The van der Waals surface area contributed by atoms with Crippen LogP contribution >= 0.6 is 23.2 Å². The van der Waals surface area contributed by atoms with Gasteiger partial charge >= 0.3 is 12.4 Å². The van der Waals surface area contributed by atoms with Gasteiger partial charge in [-0.1, -0.05) is 35.7 Å². The lowest BCUT2D eigenvalue weighted by Crippen LogP contribution is -2.49. The van der Waals surface area contributed by atoms with Crippen molar-refractivity contribution in [2.75, 3.05) is 32.7 Å². The van der Waals surface area contributed by atoms with E-state index in [1.54, 1.807) is 18.2 Å². The highest BCUT2D eigenvalue weighted by Gasteiger charge is 2.37. The van der Waals surface area contributed by atoms with Gasteiger partial charge in [0.2, 0.25) is 5.91 Å². The van der Waals surface area contributed by atoms with Gasteiger partial charge in [-0.15, -0.1) is 0 Å². The molecule has 2 aliphatic rings. The Balaban J connectivity index is 1.48. The predicted molar refractivity (Wildman–Crippen MR) is 142 cm³/mol. The molecule has 2 fully saturated rings. The van der Waals surface area contributed by atoms with Gasteiger partial charge in [-0.2, -0.15) is 26.3 Å². The highest BCUT2D eigenvalue weighted by Crippen LogP contribution is 2.37. The number of halogens is 8. The van der Waals surface area contributed by atoms with E-state index in [0.717, 1.165) is 39.0 Å². The zero-order valence-corrected chi connectivity index (χ0v) is 23.2. The number of nitrogens with one attached hydrogen (secondary N) is 1. The molecular weight excluding hydrogens is 579 g/mol. The summed E-state index contributed by atoms with van der Waals surface area (Å²) in [6.07, 6.45) is -5.13. The molecule has 1 unspecified atom stereocenters. The summed E-state index contributed by atoms with van der Waals surface area (Å²) in [5.74, 6) is -0.705. The van der Waals surface area contributed by atoms with Crippen molar-refractivity contribution >= 4 is 29.1 Å². The lowest BCUT2D eigenvalue weighted by molar-refractivity contribution is -0.143. The van der Waals surface area contributed by atoms with Crippen LogP contribution in [0, 0.1) is 0 Å². The van der Waals surface area contributed by atoms with Crippen molar-refractivity contribution in [1.82, 2.24) is 15.1 Å². The zero-order valence-electron chi connectivity index (χ0n) is 21.7. The average molecular weight is 610 g/mol. The number of carbonyl (C=O) groups is 1. The summed E-state index contributed by atoms with van der Waals surface area (Å²) < 4.78 is 79.4. The molecule has 2 aliphatic heterocycles. The van der Waals surface area contributed by atoms with Crippen molar-refractivity contribution in [3.8, 4) is 0 Å². The largest absolute Gasteiger partial charge is 0.416 e. The van der Waals surface area contributed by atoms with Crippen LogP contribution in [0.1, 0.15) is 60.4 Å². The van der Waals surface area contributed by atoms with E-state index in [4.69, 9.17) is 23.2 Å². The van der Waals surface area contributed by atoms with Crippen LogP contribution in [0.3, 0.4) is 0 Å². The maximum atomic E-state index is 13.2. The molecule has 1 N–H and O–H groups in total. The molecule has 12 heteroatoms. The summed E-state index contributed by atoms with van der Waals surface area (Å²) in [7, 11) is 0. The number of carbonyl (C=O) groups excluding carboxylic acids is 1. The topological polar surface area (TPSA) is 35.6 Å². The molecule has 0 aromatic heterocycles. The summed E-state index contributed by atoms with van der Waals surface area (Å²) in [5.41, 5.74) is -2.67. The van der Waals surface area contributed by atoms with E-state index in [0.29, 0.717) is 33.8 Å². The van der Waals surface area contributed by atoms with Crippen molar-refractivity contribution in [1.29, 1.82) is 0 Å². The Morgan fingerprint density at radius 3 is 1.95 bits per heavy atom. The van der Waals surface area contributed by atoms with Crippen molar-refractivity contribution < 1.29 is 31.1 Å². The van der Waals surface area contributed by atoms with Gasteiger partial charge in [-0.3, -0.25) is 9.69 Å². The van der Waals surface area contributed by atoms with Crippen LogP contribution in [0.25, 0.3) is 0 Å². The maximum Gasteiger partial charge on any atom is 0.416 e. The Bertz CT molecular complexity index is 1120. The molecule has 1 amide bonds. The van der Waals surface area contributed by atoms with Gasteiger partial charge in [0.05, 0.1) is 23.6 Å². The first-order chi connectivity index (χ1) is 18.8. The fourth-order valence-electron chi connectivity index (χ4n) is 5.67. The van der Waals surface area contributed by atoms with Crippen molar-refractivity contribution in [3.63, 3.8) is 0 Å². The SMILES string of the molecule is O=C(Cc1cc(C(F)(F)F)cc(C(F)(F)F)c1)NCC(c1c(Cl)cccc1Cl)N1CCC(N2CCCCC2)CC1. The van der Waals surface area contributed by atoms with Crippen LogP contribution < -0.4 is 5.32 Å². The smallest absolute Gasteiger partial charge is 0.354 e. The summed E-state index contributed by atoms with van der Waals surface area (Å²) in [4.78, 5) is 17.5. The van der Waals surface area contributed by atoms with Crippen LogP contribution in [-0.4, -0.2) is 54.5 Å². The summed E-state index contributed by atoms with van der Waals surface area (Å²) in [6, 6.07) is 6.34. The Kier molecular flexibility index (Phi) is 9.96. The number of alkyl halides is 6. The molecule has 0 saturated carbocycles. The average Bonchev–Trinajstić information content (AvgIpc) is 2.90. The molecule has 4 nitrogen and oxygen atoms in total. The Morgan fingerprint density at radius 1 is 0.875 bits per heavy atom. The molecule has 2 aromatic carbocycles. The van der Waals surface area contributed by atoms with E-state index in [1.807, 2.05) is 0 Å². The highest BCUT2D eigenvalue weighted by atomic mass is 35.5. The monoisotopic (exact) mass is 609 g/mol. The fourth-order valence-corrected chi connectivity index (χ4v) is 6.32. The van der Waals surface area contributed by atoms with Gasteiger partial charge in [0.15, 0.2) is 0 Å². The molecule has 2 heterocycles. The highest BCUT2D eigenvalue weighted by molar-refractivity contribution is 6.36. The predicted octanol–water partition coefficient (Wildman–Crippen LogP) is 7.38. The zero-order chi connectivity index (χ0) is 29.1. The first kappa shape index (κ1) is 30.9. The van der Waals surface area contributed by atoms with E-state index >= 15 is 0 Å². The van der Waals surface area contributed by atoms with E-state index in [-0.39, 0.29) is 18.2 Å². The number of hydrogen-bond donors (Lipinski definition) is 1. The minimum Gasteiger partial charge on any atom is -0.354 e. The Labute approximate surface area is 239 Å². The summed E-state index contributed by atoms with van der Waals surface area (Å²) >= 11 is 13.0. The van der Waals surface area contributed by atoms with Gasteiger partial charge in [-0.25, -0.2) is 0 Å². The standard InChI is InChI=1S/C28H31Cl2F6N3O/c29-22-5-4-6-23(30)26(22)24(39-11-7-21(8-12-39)38-9-2-1-3-10-38)17-37-25(40)15-18-13-19(27(31,32)33)16-20(14-18)28(34,35)36/h4-6,13-14,16,21,24H,1-3,7-12,15,17H2,(H,37,40). The van der Waals surface area contributed by atoms with Crippen molar-refractivity contribution in [2.24, 2.45) is 0 Å². The van der Waals surface area contributed by atoms with Crippen LogP contribution in [0.15, 0.2) is 36.4 Å². The van der Waals surface area contributed by atoms with Crippen LogP contribution in [0.2, 0.25) is 10.0 Å². The summed E-state index contributed by atoms with van der Waals surface area (Å²) in [5, 5.41) is 3.53. The van der Waals surface area contributed by atoms with Crippen molar-refractivity contribution in [2.45, 2.75) is 63.0 Å². The second kappa shape index (κ2) is 12.9. The van der Waals surface area contributed by atoms with E-state index in [9.17, 15) is 31.1 Å². The lowest BCUT2D eigenvalue weighted by atomic mass is 9.96. The molecule has 0 spiro atoms. The minimum atomic E-state index is -4.99. The van der Waals surface area contributed by atoms with Gasteiger partial charge in [0, 0.05) is 41.3 Å². The number of rotatable bonds is 7. The van der Waals surface area contributed by atoms with Crippen LogP contribution in [-0.2, 0) is 23.6 Å². The molecule has 4 rings (SSSR count). The molecular formula is C28H31Cl2F6N3O. The van der Waals surface area contributed by atoms with Gasteiger partial charge in [0.1, 0.15) is 0 Å². The molecule has 220 valence electrons. The maximum absolute atomic E-state index is 13.2. The number of benzene rings is 2. The number of hydrogen-bond acceptors (Lipinski definition) is 3. The van der Waals surface area contributed by atoms with Crippen LogP contribution in [0.4, 0.5) is 26.3 Å². The normalized spacial score (nSPS) is 19.0. The third-order valence-corrected chi connectivity index (χ3v) is 8.34. The lowest BCUT2D eigenvalue weighted by Gasteiger charge is -2.43. The Morgan fingerprint density at radius 2 is 1.43 bits per heavy atom. The molecule has 0 aliphatic carbocycles. The first-order valence-corrected chi connectivity index (χ1v) is 14.1. The first-order valence-electron chi connectivity index (χ1n) is 13.3. The molecule has 40 heavy (non-hydrogen) atoms.